The Morgan fingerprint density at radius 3 is 2.62 bits per heavy atom. The normalized spacial score (nSPS) is 19.9. The van der Waals surface area contributed by atoms with E-state index in [-0.39, 0.29) is 31.0 Å². The van der Waals surface area contributed by atoms with Gasteiger partial charge in [-0.15, -0.1) is 0 Å². The molecule has 3 aromatic rings. The van der Waals surface area contributed by atoms with Crippen molar-refractivity contribution < 1.29 is 36.7 Å². The number of Topliss-reactive ketones (excluding diaryl/α,β-unsaturated/α-hetero) is 1. The summed E-state index contributed by atoms with van der Waals surface area (Å²) in [4.78, 5) is 57.2. The molecule has 1 aromatic carbocycles. The number of ketones is 1. The molecular formula is C27H28N4O8S. The molecule has 13 heteroatoms. The molecule has 0 radical (unpaired) electrons. The Morgan fingerprint density at radius 2 is 1.93 bits per heavy atom. The third kappa shape index (κ3) is 4.86. The quantitative estimate of drug-likeness (QED) is 0.452. The van der Waals surface area contributed by atoms with Crippen LogP contribution in [0.15, 0.2) is 53.1 Å². The molecule has 2 aliphatic rings. The number of ether oxygens (including phenoxy) is 1. The van der Waals surface area contributed by atoms with E-state index in [1.54, 1.807) is 25.1 Å². The molecule has 0 bridgehead atoms. The van der Waals surface area contributed by atoms with Crippen molar-refractivity contribution in [1.29, 1.82) is 0 Å². The predicted molar refractivity (Wildman–Crippen MR) is 142 cm³/mol. The summed E-state index contributed by atoms with van der Waals surface area (Å²) in [5, 5.41) is 2.15. The summed E-state index contributed by atoms with van der Waals surface area (Å²) in [7, 11) is -4.55. The van der Waals surface area contributed by atoms with Crippen molar-refractivity contribution in [1.82, 2.24) is 19.5 Å². The van der Waals surface area contributed by atoms with E-state index in [1.807, 2.05) is 19.1 Å². The van der Waals surface area contributed by atoms with Gasteiger partial charge in [0.05, 0.1) is 12.6 Å². The highest BCUT2D eigenvalue weighted by Gasteiger charge is 2.55. The van der Waals surface area contributed by atoms with E-state index in [0.717, 1.165) is 9.69 Å². The Morgan fingerprint density at radius 1 is 1.18 bits per heavy atom. The Hall–Kier alpha value is -4.10. The number of aryl methyl sites for hydroxylation is 1. The summed E-state index contributed by atoms with van der Waals surface area (Å²) < 4.78 is 38.1. The number of fused-ring (bicyclic) bond motifs is 2. The number of pyridine rings is 1. The number of carbonyl (C=O) groups excluding carboxylic acids is 4. The van der Waals surface area contributed by atoms with Crippen molar-refractivity contribution in [2.75, 3.05) is 13.1 Å². The van der Waals surface area contributed by atoms with Gasteiger partial charge in [0, 0.05) is 23.7 Å². The fourth-order valence-electron chi connectivity index (χ4n) is 5.31. The maximum absolute atomic E-state index is 13.6. The van der Waals surface area contributed by atoms with E-state index in [9.17, 15) is 27.6 Å². The summed E-state index contributed by atoms with van der Waals surface area (Å²) in [6.45, 7) is 3.14. The summed E-state index contributed by atoms with van der Waals surface area (Å²) in [6.07, 6.45) is 1.37. The third-order valence-electron chi connectivity index (χ3n) is 7.23. The van der Waals surface area contributed by atoms with Crippen LogP contribution in [0.2, 0.25) is 0 Å². The molecule has 2 aliphatic heterocycles. The van der Waals surface area contributed by atoms with E-state index < -0.39 is 57.6 Å². The van der Waals surface area contributed by atoms with Crippen molar-refractivity contribution >= 4 is 43.9 Å². The van der Waals surface area contributed by atoms with Gasteiger partial charge in [0.25, 0.3) is 16.0 Å². The molecule has 4 heterocycles. The van der Waals surface area contributed by atoms with Crippen LogP contribution in [0, 0.1) is 6.92 Å². The molecule has 2 amide bonds. The fraction of sp³-hybridized carbons (Fsp3) is 0.370. The number of rotatable bonds is 7. The first kappa shape index (κ1) is 27.5. The largest absolute Gasteiger partial charge is 0.425 e. The number of furan rings is 1. The minimum Gasteiger partial charge on any atom is -0.425 e. The van der Waals surface area contributed by atoms with Crippen molar-refractivity contribution in [2.45, 2.75) is 51.2 Å². The van der Waals surface area contributed by atoms with Crippen molar-refractivity contribution in [2.24, 2.45) is 0 Å². The first-order chi connectivity index (χ1) is 19.1. The van der Waals surface area contributed by atoms with Crippen LogP contribution in [-0.2, 0) is 19.6 Å². The van der Waals surface area contributed by atoms with Crippen LogP contribution in [0.3, 0.4) is 0 Å². The number of sulfonamides is 1. The van der Waals surface area contributed by atoms with Gasteiger partial charge < -0.3 is 19.4 Å². The summed E-state index contributed by atoms with van der Waals surface area (Å²) in [5.74, 6) is -1.02. The second-order valence-electron chi connectivity index (χ2n) is 9.74. The van der Waals surface area contributed by atoms with Crippen LogP contribution < -0.4 is 10.1 Å². The van der Waals surface area contributed by atoms with Crippen molar-refractivity contribution in [3.05, 3.63) is 59.9 Å². The lowest BCUT2D eigenvalue weighted by atomic mass is 10.1. The Bertz CT molecular complexity index is 1590. The van der Waals surface area contributed by atoms with Gasteiger partial charge in [0.15, 0.2) is 5.78 Å². The van der Waals surface area contributed by atoms with Gasteiger partial charge in [0.1, 0.15) is 23.4 Å². The van der Waals surface area contributed by atoms with E-state index in [1.165, 1.54) is 23.2 Å². The number of hydrogen-bond acceptors (Lipinski definition) is 9. The molecule has 1 N–H and O–H groups in total. The monoisotopic (exact) mass is 568 g/mol. The van der Waals surface area contributed by atoms with Crippen molar-refractivity contribution in [3.63, 3.8) is 0 Å². The zero-order valence-corrected chi connectivity index (χ0v) is 22.7. The SMILES string of the molecule is CCCC(NC(=O)Oc1oc2ccccc2c1C)C(=O)N1CCC2C1C(=O)CN2S(=O)(=O)C(=O)c1ccccn1. The number of carbonyl (C=O) groups is 4. The maximum atomic E-state index is 13.6. The summed E-state index contributed by atoms with van der Waals surface area (Å²) in [6, 6.07) is 8.55. The first-order valence-electron chi connectivity index (χ1n) is 12.9. The Kier molecular flexibility index (Phi) is 7.43. The van der Waals surface area contributed by atoms with E-state index in [2.05, 4.69) is 10.3 Å². The molecule has 3 atom stereocenters. The van der Waals surface area contributed by atoms with Crippen LogP contribution >= 0.6 is 0 Å². The minimum atomic E-state index is -4.55. The second-order valence-corrected chi connectivity index (χ2v) is 11.5. The number of benzene rings is 1. The Labute approximate surface area is 230 Å². The fourth-order valence-corrected chi connectivity index (χ4v) is 6.79. The van der Waals surface area contributed by atoms with Gasteiger partial charge in [-0.2, -0.15) is 4.31 Å². The predicted octanol–water partition coefficient (Wildman–Crippen LogP) is 2.42. The van der Waals surface area contributed by atoms with Crippen LogP contribution in [-0.4, -0.2) is 76.7 Å². The number of nitrogens with zero attached hydrogens (tertiary/aromatic N) is 3. The minimum absolute atomic E-state index is 0.00651. The zero-order chi connectivity index (χ0) is 28.6. The van der Waals surface area contributed by atoms with Gasteiger partial charge in [0.2, 0.25) is 5.91 Å². The van der Waals surface area contributed by atoms with Crippen LogP contribution in [0.5, 0.6) is 5.95 Å². The van der Waals surface area contributed by atoms with Gasteiger partial charge in [-0.1, -0.05) is 37.6 Å². The summed E-state index contributed by atoms with van der Waals surface area (Å²) >= 11 is 0. The highest BCUT2D eigenvalue weighted by Crippen LogP contribution is 2.34. The van der Waals surface area contributed by atoms with Gasteiger partial charge >= 0.3 is 11.2 Å². The molecule has 40 heavy (non-hydrogen) atoms. The number of likely N-dealkylation sites (tertiary alicyclic amines) is 1. The zero-order valence-electron chi connectivity index (χ0n) is 21.9. The van der Waals surface area contributed by atoms with Gasteiger partial charge in [-0.25, -0.2) is 13.2 Å². The average molecular weight is 569 g/mol. The lowest BCUT2D eigenvalue weighted by Crippen LogP contribution is -2.53. The lowest BCUT2D eigenvalue weighted by Gasteiger charge is -2.27. The van der Waals surface area contributed by atoms with Crippen LogP contribution in [0.1, 0.15) is 42.2 Å². The second kappa shape index (κ2) is 10.8. The molecule has 2 aromatic heterocycles. The lowest BCUT2D eigenvalue weighted by molar-refractivity contribution is -0.138. The molecule has 0 spiro atoms. The van der Waals surface area contributed by atoms with Gasteiger partial charge in [-0.3, -0.25) is 19.4 Å². The topological polar surface area (TPSA) is 156 Å². The highest BCUT2D eigenvalue weighted by atomic mass is 32.2. The van der Waals surface area contributed by atoms with Crippen LogP contribution in [0.4, 0.5) is 4.79 Å². The highest BCUT2D eigenvalue weighted by molar-refractivity contribution is 8.04. The molecule has 0 aliphatic carbocycles. The molecular weight excluding hydrogens is 540 g/mol. The number of aromatic nitrogens is 1. The van der Waals surface area contributed by atoms with Gasteiger partial charge in [-0.05, 0) is 38.0 Å². The molecule has 12 nitrogen and oxygen atoms in total. The first-order valence-corrected chi connectivity index (χ1v) is 14.3. The smallest absolute Gasteiger partial charge is 0.415 e. The standard InChI is InChI=1S/C27H28N4O8S/c1-3-8-18(29-27(35)39-26-16(2)17-9-4-5-11-22(17)38-26)24(33)30-14-12-20-23(30)21(32)15-31(20)40(36,37)25(34)19-10-6-7-13-28-19/h4-7,9-11,13,18,20,23H,3,8,12,14-15H2,1-2H3,(H,29,35). The molecule has 0 saturated carbocycles. The van der Waals surface area contributed by atoms with E-state index in [0.29, 0.717) is 17.6 Å². The van der Waals surface area contributed by atoms with E-state index >= 15 is 0 Å². The maximum Gasteiger partial charge on any atom is 0.415 e. The molecule has 5 rings (SSSR count). The van der Waals surface area contributed by atoms with Crippen LogP contribution in [0.25, 0.3) is 11.0 Å². The average Bonchev–Trinajstić information content (AvgIpc) is 3.62. The summed E-state index contributed by atoms with van der Waals surface area (Å²) in [5.41, 5.74) is 0.923. The third-order valence-corrected chi connectivity index (χ3v) is 8.93. The number of nitrogens with one attached hydrogen (secondary N) is 1. The number of para-hydroxylation sites is 1. The molecule has 2 saturated heterocycles. The molecule has 3 unspecified atom stereocenters. The Balaban J connectivity index is 1.30. The molecule has 2 fully saturated rings. The molecule has 210 valence electrons. The number of amides is 2. The number of hydrogen-bond donors (Lipinski definition) is 1. The van der Waals surface area contributed by atoms with Crippen molar-refractivity contribution in [3.8, 4) is 5.95 Å². The van der Waals surface area contributed by atoms with E-state index in [4.69, 9.17) is 9.15 Å².